The molecule has 0 unspecified atom stereocenters. The van der Waals surface area contributed by atoms with Crippen molar-refractivity contribution >= 4 is 5.97 Å². The summed E-state index contributed by atoms with van der Waals surface area (Å²) in [6.07, 6.45) is 1.65. The van der Waals surface area contributed by atoms with Crippen molar-refractivity contribution in [3.8, 4) is 11.1 Å². The molecule has 2 aromatic rings. The average molecular weight is 219 g/mol. The van der Waals surface area contributed by atoms with Crippen LogP contribution in [0.2, 0.25) is 0 Å². The molecule has 0 fully saturated rings. The zero-order valence-electron chi connectivity index (χ0n) is 8.66. The van der Waals surface area contributed by atoms with Crippen LogP contribution in [0.25, 0.3) is 11.1 Å². The smallest absolute Gasteiger partial charge is 0.355 e. The Morgan fingerprint density at radius 3 is 2.62 bits per heavy atom. The van der Waals surface area contributed by atoms with Crippen LogP contribution in [0.4, 0.5) is 4.53 Å². The van der Waals surface area contributed by atoms with E-state index in [0.29, 0.717) is 5.56 Å². The molecule has 0 radical (unpaired) electrons. The maximum atomic E-state index is 11.9. The molecule has 0 spiro atoms. The molecule has 1 heterocycles. The summed E-state index contributed by atoms with van der Waals surface area (Å²) in [5, 5.41) is 0. The second kappa shape index (κ2) is 4.18. The molecule has 2 rings (SSSR count). The number of aromatic amines is 1. The topological polar surface area (TPSA) is 42.1 Å². The monoisotopic (exact) mass is 219 g/mol. The third kappa shape index (κ3) is 1.69. The first-order chi connectivity index (χ1) is 7.74. The average Bonchev–Trinajstić information content (AvgIpc) is 2.71. The number of hydrogen-bond donors (Lipinski definition) is 1. The van der Waals surface area contributed by atoms with Gasteiger partial charge >= 0.3 is 5.97 Å². The Bertz CT molecular complexity index is 505. The number of H-pyrrole nitrogens is 1. The van der Waals surface area contributed by atoms with Crippen LogP contribution in [0.15, 0.2) is 36.5 Å². The minimum absolute atomic E-state index is 0.131. The molecular formula is C12H10FNO2. The molecule has 0 aliphatic rings. The summed E-state index contributed by atoms with van der Waals surface area (Å²) >= 11 is 0. The lowest BCUT2D eigenvalue weighted by Gasteiger charge is -2.02. The number of hydrogen-bond acceptors (Lipinski definition) is 2. The highest BCUT2D eigenvalue weighted by Gasteiger charge is 2.18. The third-order valence-electron chi connectivity index (χ3n) is 2.41. The Morgan fingerprint density at radius 2 is 2.00 bits per heavy atom. The van der Waals surface area contributed by atoms with E-state index in [0.717, 1.165) is 11.1 Å². The largest absolute Gasteiger partial charge is 0.396 e. The van der Waals surface area contributed by atoms with E-state index in [1.807, 2.05) is 37.3 Å². The van der Waals surface area contributed by atoms with Gasteiger partial charge < -0.3 is 4.98 Å². The number of halogens is 1. The molecule has 1 N–H and O–H groups in total. The number of aryl methyl sites for hydroxylation is 1. The predicted molar refractivity (Wildman–Crippen MR) is 57.5 cm³/mol. The minimum atomic E-state index is -1.01. The molecule has 1 aromatic heterocycles. The normalized spacial score (nSPS) is 10.1. The van der Waals surface area contributed by atoms with Gasteiger partial charge in [0.2, 0.25) is 0 Å². The first kappa shape index (κ1) is 10.4. The van der Waals surface area contributed by atoms with Crippen LogP contribution in [0, 0.1) is 6.92 Å². The van der Waals surface area contributed by atoms with E-state index < -0.39 is 5.97 Å². The second-order valence-electron chi connectivity index (χ2n) is 3.45. The van der Waals surface area contributed by atoms with E-state index >= 15 is 0 Å². The van der Waals surface area contributed by atoms with Crippen molar-refractivity contribution in [1.29, 1.82) is 0 Å². The number of carbonyl (C=O) groups excluding carboxylic acids is 1. The number of rotatable bonds is 2. The standard InChI is InChI=1S/C12H10FNO2/c1-8-7-14-11(12(15)16-13)10(8)9-5-3-2-4-6-9/h2-7,14H,1H3. The lowest BCUT2D eigenvalue weighted by atomic mass is 10.0. The summed E-state index contributed by atoms with van der Waals surface area (Å²) in [4.78, 5) is 17.1. The zero-order chi connectivity index (χ0) is 11.5. The fraction of sp³-hybridized carbons (Fsp3) is 0.0833. The summed E-state index contributed by atoms with van der Waals surface area (Å²) in [6, 6.07) is 9.29. The van der Waals surface area contributed by atoms with Gasteiger partial charge in [0.15, 0.2) is 0 Å². The molecule has 0 saturated carbocycles. The molecule has 0 atom stereocenters. The van der Waals surface area contributed by atoms with Crippen LogP contribution in [0.5, 0.6) is 0 Å². The van der Waals surface area contributed by atoms with Crippen LogP contribution in [0.3, 0.4) is 0 Å². The van der Waals surface area contributed by atoms with Crippen LogP contribution in [-0.4, -0.2) is 11.0 Å². The van der Waals surface area contributed by atoms with E-state index in [1.165, 1.54) is 0 Å². The van der Waals surface area contributed by atoms with E-state index in [4.69, 9.17) is 0 Å². The van der Waals surface area contributed by atoms with Crippen molar-refractivity contribution in [3.05, 3.63) is 47.8 Å². The molecule has 1 aromatic carbocycles. The van der Waals surface area contributed by atoms with Gasteiger partial charge in [-0.05, 0) is 18.1 Å². The van der Waals surface area contributed by atoms with Crippen molar-refractivity contribution in [2.75, 3.05) is 0 Å². The van der Waals surface area contributed by atoms with Crippen molar-refractivity contribution in [1.82, 2.24) is 4.98 Å². The lowest BCUT2D eigenvalue weighted by molar-refractivity contribution is -0.0791. The molecule has 0 amide bonds. The molecule has 0 saturated heterocycles. The van der Waals surface area contributed by atoms with E-state index in [9.17, 15) is 9.32 Å². The highest BCUT2D eigenvalue weighted by Crippen LogP contribution is 2.27. The summed E-state index contributed by atoms with van der Waals surface area (Å²) in [5.74, 6) is -1.01. The fourth-order valence-electron chi connectivity index (χ4n) is 1.70. The van der Waals surface area contributed by atoms with E-state index in [1.54, 1.807) is 6.20 Å². The lowest BCUT2D eigenvalue weighted by Crippen LogP contribution is -2.01. The van der Waals surface area contributed by atoms with Crippen LogP contribution >= 0.6 is 0 Å². The van der Waals surface area contributed by atoms with Crippen LogP contribution in [0.1, 0.15) is 16.1 Å². The number of carbonyl (C=O) groups is 1. The zero-order valence-corrected chi connectivity index (χ0v) is 8.66. The summed E-state index contributed by atoms with van der Waals surface area (Å²) < 4.78 is 11.9. The summed E-state index contributed by atoms with van der Waals surface area (Å²) in [5.41, 5.74) is 2.52. The minimum Gasteiger partial charge on any atom is -0.355 e. The Morgan fingerprint density at radius 1 is 1.31 bits per heavy atom. The Kier molecular flexibility index (Phi) is 2.72. The number of aromatic nitrogens is 1. The molecule has 0 bridgehead atoms. The number of benzene rings is 1. The van der Waals surface area contributed by atoms with Gasteiger partial charge in [0.25, 0.3) is 0 Å². The van der Waals surface area contributed by atoms with Gasteiger partial charge in [-0.2, -0.15) is 0 Å². The quantitative estimate of drug-likeness (QED) is 0.843. The highest BCUT2D eigenvalue weighted by atomic mass is 19.3. The van der Waals surface area contributed by atoms with Crippen LogP contribution in [-0.2, 0) is 4.94 Å². The summed E-state index contributed by atoms with van der Waals surface area (Å²) in [7, 11) is 0. The molecule has 0 aliphatic carbocycles. The van der Waals surface area contributed by atoms with Crippen molar-refractivity contribution in [3.63, 3.8) is 0 Å². The second-order valence-corrected chi connectivity index (χ2v) is 3.45. The third-order valence-corrected chi connectivity index (χ3v) is 2.41. The fourth-order valence-corrected chi connectivity index (χ4v) is 1.70. The number of nitrogens with one attached hydrogen (secondary N) is 1. The van der Waals surface area contributed by atoms with Crippen molar-refractivity contribution < 1.29 is 14.3 Å². The SMILES string of the molecule is Cc1c[nH]c(C(=O)OF)c1-c1ccccc1. The van der Waals surface area contributed by atoms with E-state index in [2.05, 4.69) is 9.93 Å². The first-order valence-electron chi connectivity index (χ1n) is 4.80. The molecule has 16 heavy (non-hydrogen) atoms. The molecule has 82 valence electrons. The molecule has 3 nitrogen and oxygen atoms in total. The maximum absolute atomic E-state index is 11.9. The molecular weight excluding hydrogens is 209 g/mol. The van der Waals surface area contributed by atoms with Gasteiger partial charge in [0, 0.05) is 16.3 Å². The van der Waals surface area contributed by atoms with Gasteiger partial charge in [0.05, 0.1) is 0 Å². The predicted octanol–water partition coefficient (Wildman–Crippen LogP) is 3.03. The van der Waals surface area contributed by atoms with Crippen molar-refractivity contribution in [2.45, 2.75) is 6.92 Å². The molecule has 0 aliphatic heterocycles. The van der Waals surface area contributed by atoms with Gasteiger partial charge in [-0.15, -0.1) is 0 Å². The Balaban J connectivity index is 2.56. The van der Waals surface area contributed by atoms with Gasteiger partial charge in [-0.1, -0.05) is 30.3 Å². The summed E-state index contributed by atoms with van der Waals surface area (Å²) in [6.45, 7) is 1.84. The van der Waals surface area contributed by atoms with Gasteiger partial charge in [0.1, 0.15) is 5.69 Å². The maximum Gasteiger partial charge on any atom is 0.396 e. The Labute approximate surface area is 91.8 Å². The molecule has 4 heteroatoms. The van der Waals surface area contributed by atoms with Crippen LogP contribution < -0.4 is 0 Å². The van der Waals surface area contributed by atoms with E-state index in [-0.39, 0.29) is 5.69 Å². The van der Waals surface area contributed by atoms with Gasteiger partial charge in [-0.3, -0.25) is 0 Å². The highest BCUT2D eigenvalue weighted by molar-refractivity contribution is 5.96. The first-order valence-corrected chi connectivity index (χ1v) is 4.80. The van der Waals surface area contributed by atoms with Gasteiger partial charge in [-0.25, -0.2) is 9.74 Å². The van der Waals surface area contributed by atoms with Crippen molar-refractivity contribution in [2.24, 2.45) is 0 Å². The Hall–Kier alpha value is -2.10.